The van der Waals surface area contributed by atoms with Gasteiger partial charge in [0.1, 0.15) is 0 Å². The molecule has 0 saturated heterocycles. The fourth-order valence-corrected chi connectivity index (χ4v) is 2.34. The van der Waals surface area contributed by atoms with Gasteiger partial charge in [-0.05, 0) is 0 Å². The van der Waals surface area contributed by atoms with Crippen molar-refractivity contribution in [3.05, 3.63) is 0 Å². The quantitative estimate of drug-likeness (QED) is 0.400. The second kappa shape index (κ2) is 4.94. The van der Waals surface area contributed by atoms with Gasteiger partial charge in [-0.15, -0.1) is 33.8 Å². The maximum atomic E-state index is 5.49. The summed E-state index contributed by atoms with van der Waals surface area (Å²) < 4.78 is 0. The summed E-state index contributed by atoms with van der Waals surface area (Å²) >= 11 is 16.4. The van der Waals surface area contributed by atoms with Gasteiger partial charge in [-0.25, -0.2) is 0 Å². The number of alkyl halides is 1. The average Bonchev–Trinajstić information content (AvgIpc) is 1.65. The van der Waals surface area contributed by atoms with Gasteiger partial charge in [0.05, 0.1) is 0 Å². The summed E-state index contributed by atoms with van der Waals surface area (Å²) in [7, 11) is -1.64. The second-order valence-electron chi connectivity index (χ2n) is 1.52. The lowest BCUT2D eigenvalue weighted by atomic mass is 9.70. The Labute approximate surface area is 65.9 Å². The van der Waals surface area contributed by atoms with Gasteiger partial charge >= 0.3 is 0 Å². The van der Waals surface area contributed by atoms with Crippen LogP contribution >= 0.6 is 33.8 Å². The molecular formula is C2H7BCl3NSi. The molecule has 6 heteroatoms. The summed E-state index contributed by atoms with van der Waals surface area (Å²) in [6, 6.07) is 0. The monoisotopic (exact) mass is 189 g/mol. The highest BCUT2D eigenvalue weighted by Gasteiger charge is 2.08. The lowest BCUT2D eigenvalue weighted by molar-refractivity contribution is 1.50. The molecule has 0 heterocycles. The first-order valence-corrected chi connectivity index (χ1v) is 6.87. The fourth-order valence-electron chi connectivity index (χ4n) is 0.260. The van der Waals surface area contributed by atoms with Crippen LogP contribution in [0.3, 0.4) is 0 Å². The third kappa shape index (κ3) is 5.25. The molecule has 0 atom stereocenters. The van der Waals surface area contributed by atoms with Crippen LogP contribution < -0.4 is 4.89 Å². The molecule has 0 aliphatic rings. The van der Waals surface area contributed by atoms with Crippen LogP contribution in [0.2, 0.25) is 6.82 Å². The first kappa shape index (κ1) is 9.11. The number of rotatable bonds is 3. The van der Waals surface area contributed by atoms with Crippen LogP contribution in [0.1, 0.15) is 0 Å². The van der Waals surface area contributed by atoms with Crippen molar-refractivity contribution in [3.63, 3.8) is 0 Å². The number of hydrogen-bond donors (Lipinski definition) is 1. The molecule has 0 aliphatic carbocycles. The van der Waals surface area contributed by atoms with E-state index in [-0.39, 0.29) is 6.85 Å². The van der Waals surface area contributed by atoms with Crippen LogP contribution in [0.5, 0.6) is 0 Å². The Morgan fingerprint density at radius 3 is 2.25 bits per heavy atom. The Kier molecular flexibility index (Phi) is 5.63. The predicted molar refractivity (Wildman–Crippen MR) is 44.3 cm³/mol. The van der Waals surface area contributed by atoms with Crippen molar-refractivity contribution in [1.82, 2.24) is 4.89 Å². The van der Waals surface area contributed by atoms with Crippen molar-refractivity contribution in [2.24, 2.45) is 0 Å². The third-order valence-corrected chi connectivity index (χ3v) is 2.68. The molecule has 0 radical (unpaired) electrons. The van der Waals surface area contributed by atoms with E-state index < -0.39 is 7.58 Å². The first-order chi connectivity index (χ1) is 3.66. The van der Waals surface area contributed by atoms with Gasteiger partial charge in [0.2, 0.25) is 6.85 Å². The summed E-state index contributed by atoms with van der Waals surface area (Å²) in [5.74, 6) is 0.558. The van der Waals surface area contributed by atoms with Crippen molar-refractivity contribution in [2.45, 2.75) is 6.82 Å². The molecule has 0 unspecified atom stereocenters. The molecule has 1 N–H and O–H groups in total. The number of nitrogens with one attached hydrogen (secondary N) is 1. The van der Waals surface area contributed by atoms with E-state index in [9.17, 15) is 0 Å². The second-order valence-corrected chi connectivity index (χ2v) is 6.05. The Balaban J connectivity index is 3.10. The highest BCUT2D eigenvalue weighted by Crippen LogP contribution is 1.91. The van der Waals surface area contributed by atoms with Crippen LogP contribution in [0.25, 0.3) is 0 Å². The molecule has 0 rings (SSSR count). The van der Waals surface area contributed by atoms with Gasteiger partial charge in [-0.3, -0.25) is 0 Å². The lowest BCUT2D eigenvalue weighted by Gasteiger charge is -2.04. The van der Waals surface area contributed by atoms with E-state index in [2.05, 4.69) is 4.89 Å². The normalized spacial score (nSPS) is 10.1. The van der Waals surface area contributed by atoms with E-state index in [4.69, 9.17) is 33.8 Å². The van der Waals surface area contributed by atoms with E-state index in [0.29, 0.717) is 5.78 Å². The largest absolute Gasteiger partial charge is 0.356 e. The maximum absolute atomic E-state index is 5.49. The van der Waals surface area contributed by atoms with E-state index in [1.807, 2.05) is 6.82 Å². The minimum atomic E-state index is -1.64. The topological polar surface area (TPSA) is 12.0 Å². The summed E-state index contributed by atoms with van der Waals surface area (Å²) in [6.45, 7) is 2.18. The third-order valence-electron chi connectivity index (χ3n) is 0.642. The van der Waals surface area contributed by atoms with Crippen LogP contribution in [0.4, 0.5) is 0 Å². The van der Waals surface area contributed by atoms with Gasteiger partial charge in [-0.1, -0.05) is 6.82 Å². The standard InChI is InChI=1S/C2H7BCl3NSi/c1-3(2-4)7-8(5)6/h7-8H,2H2,1H3. The van der Waals surface area contributed by atoms with Crippen LogP contribution in [0.15, 0.2) is 0 Å². The minimum absolute atomic E-state index is 0.239. The zero-order valence-corrected chi connectivity index (χ0v) is 7.92. The van der Waals surface area contributed by atoms with Gasteiger partial charge in [0, 0.05) is 5.78 Å². The maximum Gasteiger partial charge on any atom is 0.296 e. The zero-order valence-electron chi connectivity index (χ0n) is 4.50. The molecule has 1 nitrogen and oxygen atoms in total. The van der Waals surface area contributed by atoms with Crippen molar-refractivity contribution >= 4 is 48.2 Å². The molecule has 0 fully saturated rings. The van der Waals surface area contributed by atoms with Crippen LogP contribution in [-0.2, 0) is 0 Å². The Morgan fingerprint density at radius 2 is 2.12 bits per heavy atom. The number of hydrogen-bond acceptors (Lipinski definition) is 1. The first-order valence-electron chi connectivity index (χ1n) is 2.27. The Morgan fingerprint density at radius 1 is 1.62 bits per heavy atom. The van der Waals surface area contributed by atoms with Crippen LogP contribution in [0, 0.1) is 0 Å². The van der Waals surface area contributed by atoms with E-state index >= 15 is 0 Å². The summed E-state index contributed by atoms with van der Waals surface area (Å²) in [6.07, 6.45) is 0. The molecule has 0 amide bonds. The highest BCUT2D eigenvalue weighted by molar-refractivity contribution is 7.34. The van der Waals surface area contributed by atoms with Gasteiger partial charge < -0.3 is 4.89 Å². The molecule has 0 bridgehead atoms. The van der Waals surface area contributed by atoms with Gasteiger partial charge in [0.25, 0.3) is 7.58 Å². The van der Waals surface area contributed by atoms with Gasteiger partial charge in [-0.2, -0.15) is 0 Å². The zero-order chi connectivity index (χ0) is 6.57. The van der Waals surface area contributed by atoms with Crippen molar-refractivity contribution in [3.8, 4) is 0 Å². The summed E-state index contributed by atoms with van der Waals surface area (Å²) in [5, 5.41) is 0. The Hall–Kier alpha value is 1.11. The molecule has 0 aromatic heterocycles. The fraction of sp³-hybridized carbons (Fsp3) is 1.00. The van der Waals surface area contributed by atoms with Crippen LogP contribution in [-0.4, -0.2) is 20.2 Å². The molecule has 0 aromatic carbocycles. The molecule has 0 aliphatic heterocycles. The molecule has 0 aromatic rings. The van der Waals surface area contributed by atoms with Crippen molar-refractivity contribution in [2.75, 3.05) is 5.78 Å². The number of halogens is 3. The smallest absolute Gasteiger partial charge is 0.296 e. The molecule has 8 heavy (non-hydrogen) atoms. The lowest BCUT2D eigenvalue weighted by Crippen LogP contribution is -2.38. The molecular weight excluding hydrogens is 183 g/mol. The Bertz CT molecular complexity index is 63.2. The van der Waals surface area contributed by atoms with Crippen molar-refractivity contribution in [1.29, 1.82) is 0 Å². The average molecular weight is 190 g/mol. The summed E-state index contributed by atoms with van der Waals surface area (Å²) in [5.41, 5.74) is 0. The molecule has 0 spiro atoms. The summed E-state index contributed by atoms with van der Waals surface area (Å²) in [4.78, 5) is 2.93. The highest BCUT2D eigenvalue weighted by atomic mass is 35.7. The van der Waals surface area contributed by atoms with Crippen molar-refractivity contribution < 1.29 is 0 Å². The molecule has 48 valence electrons. The van der Waals surface area contributed by atoms with Gasteiger partial charge in [0.15, 0.2) is 0 Å². The van der Waals surface area contributed by atoms with E-state index in [0.717, 1.165) is 0 Å². The van der Waals surface area contributed by atoms with E-state index in [1.54, 1.807) is 0 Å². The minimum Gasteiger partial charge on any atom is -0.356 e. The predicted octanol–water partition coefficient (Wildman–Crippen LogP) is 1.17. The SMILES string of the molecule is CB(CCl)N[SiH](Cl)Cl. The molecule has 0 saturated carbocycles. The van der Waals surface area contributed by atoms with E-state index in [1.165, 1.54) is 0 Å².